The highest BCUT2D eigenvalue weighted by Gasteiger charge is 2.23. The van der Waals surface area contributed by atoms with Gasteiger partial charge in [0, 0.05) is 34.5 Å². The predicted octanol–water partition coefficient (Wildman–Crippen LogP) is 4.29. The van der Waals surface area contributed by atoms with E-state index in [0.717, 1.165) is 5.92 Å². The van der Waals surface area contributed by atoms with Gasteiger partial charge < -0.3 is 15.1 Å². The minimum atomic E-state index is -1.21. The van der Waals surface area contributed by atoms with Gasteiger partial charge in [0.1, 0.15) is 0 Å². The van der Waals surface area contributed by atoms with E-state index >= 15 is 0 Å². The first-order chi connectivity index (χ1) is 15.6. The highest BCUT2D eigenvalue weighted by molar-refractivity contribution is 6.17. The number of hydrogen-bond acceptors (Lipinski definition) is 4. The summed E-state index contributed by atoms with van der Waals surface area (Å²) in [6.45, 7) is 0. The Bertz CT molecular complexity index is 1320. The van der Waals surface area contributed by atoms with Crippen LogP contribution in [0.2, 0.25) is 0 Å². The molecule has 9 nitrogen and oxygen atoms in total. The number of rotatable bonds is 3. The zero-order valence-corrected chi connectivity index (χ0v) is 16.9. The molecule has 32 heavy (non-hydrogen) atoms. The monoisotopic (exact) mass is 428 g/mol. The zero-order chi connectivity index (χ0) is 22.1. The van der Waals surface area contributed by atoms with Gasteiger partial charge in [0.15, 0.2) is 5.82 Å². The summed E-state index contributed by atoms with van der Waals surface area (Å²) in [6, 6.07) is 13.8. The van der Waals surface area contributed by atoms with Crippen LogP contribution in [-0.2, 0) is 0 Å². The van der Waals surface area contributed by atoms with Crippen LogP contribution in [-0.4, -0.2) is 38.3 Å². The summed E-state index contributed by atoms with van der Waals surface area (Å²) in [6.07, 6.45) is 6.44. The second-order valence-corrected chi connectivity index (χ2v) is 7.61. The summed E-state index contributed by atoms with van der Waals surface area (Å²) >= 11 is 0. The van der Waals surface area contributed by atoms with Gasteiger partial charge in [-0.25, -0.2) is 15.2 Å². The lowest BCUT2D eigenvalue weighted by atomic mass is 10.0. The number of nitrogens with one attached hydrogen (secondary N) is 4. The van der Waals surface area contributed by atoms with Crippen molar-refractivity contribution in [1.29, 1.82) is 0 Å². The molecule has 0 saturated heterocycles. The number of amides is 2. The van der Waals surface area contributed by atoms with E-state index in [0.29, 0.717) is 33.5 Å². The number of benzene rings is 2. The summed E-state index contributed by atoms with van der Waals surface area (Å²) in [5.41, 5.74) is 6.51. The molecule has 2 aromatic carbocycles. The van der Waals surface area contributed by atoms with Crippen LogP contribution in [0.5, 0.6) is 0 Å². The van der Waals surface area contributed by atoms with Crippen LogP contribution in [0.4, 0.5) is 10.5 Å². The quantitative estimate of drug-likeness (QED) is 0.333. The molecule has 1 aliphatic carbocycles. The molecule has 3 heterocycles. The van der Waals surface area contributed by atoms with E-state index in [1.165, 1.54) is 30.7 Å². The Morgan fingerprint density at radius 1 is 1.16 bits per heavy atom. The molecule has 4 aromatic rings. The van der Waals surface area contributed by atoms with E-state index in [2.05, 4.69) is 61.1 Å². The molecule has 1 aliphatic heterocycles. The van der Waals surface area contributed by atoms with Crippen LogP contribution < -0.4 is 10.7 Å². The molecule has 0 unspecified atom stereocenters. The van der Waals surface area contributed by atoms with Gasteiger partial charge >= 0.3 is 6.09 Å². The number of aromatic nitrogens is 3. The van der Waals surface area contributed by atoms with Gasteiger partial charge in [-0.15, -0.1) is 0 Å². The average Bonchev–Trinajstić information content (AvgIpc) is 3.42. The third-order valence-electron chi connectivity index (χ3n) is 5.38. The summed E-state index contributed by atoms with van der Waals surface area (Å²) < 4.78 is 0. The predicted molar refractivity (Wildman–Crippen MR) is 121 cm³/mol. The fourth-order valence-corrected chi connectivity index (χ4v) is 3.81. The number of imidazole rings is 1. The topological polar surface area (TPSA) is 135 Å². The lowest BCUT2D eigenvalue weighted by molar-refractivity contribution is 0.0957. The van der Waals surface area contributed by atoms with Crippen molar-refractivity contribution in [1.82, 2.24) is 20.4 Å². The van der Waals surface area contributed by atoms with Crippen molar-refractivity contribution in [3.8, 4) is 11.5 Å². The van der Waals surface area contributed by atoms with Crippen molar-refractivity contribution in [2.45, 2.75) is 18.8 Å². The van der Waals surface area contributed by atoms with Gasteiger partial charge in [-0.3, -0.25) is 10.1 Å². The maximum atomic E-state index is 12.2. The van der Waals surface area contributed by atoms with Gasteiger partial charge in [0.2, 0.25) is 0 Å². The van der Waals surface area contributed by atoms with Crippen LogP contribution in [0, 0.1) is 0 Å². The van der Waals surface area contributed by atoms with Crippen LogP contribution in [0.1, 0.15) is 40.2 Å². The highest BCUT2D eigenvalue weighted by atomic mass is 16.4. The number of carboxylic acid groups (broad SMARTS) is 1. The van der Waals surface area contributed by atoms with Crippen LogP contribution >= 0.6 is 0 Å². The largest absolute Gasteiger partial charge is 0.465 e. The smallest absolute Gasteiger partial charge is 0.409 e. The molecule has 9 heteroatoms. The first kappa shape index (κ1) is 19.6. The van der Waals surface area contributed by atoms with Crippen molar-refractivity contribution in [3.63, 3.8) is 0 Å². The molecule has 1 fully saturated rings. The standard InChI is InChI=1S/C14H10N6O3.C9H10/c21-13-7-3-6(18-14(22)23)4-9-10(7)8(5-17-20-13)11(19-9)12-15-1-2-16-12;1-2-4-8(5-3-1)9-6-7-9/h1-5,18-19H,(H,15,16)(H,20,21)(H,22,23);1-5,9H,6-7H2. The number of H-pyrrole nitrogens is 2. The molecule has 0 spiro atoms. The lowest BCUT2D eigenvalue weighted by Gasteiger charge is -2.05. The lowest BCUT2D eigenvalue weighted by Crippen LogP contribution is -2.17. The highest BCUT2D eigenvalue weighted by Crippen LogP contribution is 2.39. The van der Waals surface area contributed by atoms with Gasteiger partial charge in [0.05, 0.1) is 17.5 Å². The molecule has 5 N–H and O–H groups in total. The Morgan fingerprint density at radius 2 is 1.97 bits per heavy atom. The molecule has 160 valence electrons. The van der Waals surface area contributed by atoms with Crippen LogP contribution in [0.15, 0.2) is 60.0 Å². The molecular weight excluding hydrogens is 408 g/mol. The maximum Gasteiger partial charge on any atom is 0.409 e. The molecular formula is C23H20N6O3. The number of carbonyl (C=O) groups is 2. The molecule has 2 aromatic heterocycles. The van der Waals surface area contributed by atoms with Crippen molar-refractivity contribution >= 4 is 34.8 Å². The number of hydrogen-bond donors (Lipinski definition) is 5. The van der Waals surface area contributed by atoms with E-state index in [1.807, 2.05) is 0 Å². The fourth-order valence-electron chi connectivity index (χ4n) is 3.81. The van der Waals surface area contributed by atoms with Gasteiger partial charge in [0.25, 0.3) is 5.91 Å². The number of hydrazone groups is 1. The fraction of sp³-hybridized carbons (Fsp3) is 0.130. The number of nitrogens with zero attached hydrogens (tertiary/aromatic N) is 2. The van der Waals surface area contributed by atoms with E-state index in [1.54, 1.807) is 18.5 Å². The van der Waals surface area contributed by atoms with Crippen molar-refractivity contribution in [2.24, 2.45) is 5.10 Å². The van der Waals surface area contributed by atoms with Gasteiger partial charge in [-0.2, -0.15) is 5.10 Å². The molecule has 1 saturated carbocycles. The van der Waals surface area contributed by atoms with E-state index < -0.39 is 12.0 Å². The first-order valence-corrected chi connectivity index (χ1v) is 10.2. The molecule has 0 atom stereocenters. The first-order valence-electron chi connectivity index (χ1n) is 10.2. The number of carbonyl (C=O) groups excluding carboxylic acids is 1. The summed E-state index contributed by atoms with van der Waals surface area (Å²) in [5, 5.41) is 15.7. The zero-order valence-electron chi connectivity index (χ0n) is 16.9. The Morgan fingerprint density at radius 3 is 2.66 bits per heavy atom. The van der Waals surface area contributed by atoms with Gasteiger partial charge in [-0.05, 0) is 36.5 Å². The Kier molecular flexibility index (Phi) is 4.91. The minimum Gasteiger partial charge on any atom is -0.465 e. The third kappa shape index (κ3) is 3.83. The molecule has 0 bridgehead atoms. The summed E-state index contributed by atoms with van der Waals surface area (Å²) in [4.78, 5) is 33.4. The van der Waals surface area contributed by atoms with Crippen LogP contribution in [0.3, 0.4) is 0 Å². The van der Waals surface area contributed by atoms with E-state index in [9.17, 15) is 9.59 Å². The number of anilines is 1. The van der Waals surface area contributed by atoms with E-state index in [4.69, 9.17) is 5.11 Å². The van der Waals surface area contributed by atoms with E-state index in [-0.39, 0.29) is 5.69 Å². The average molecular weight is 428 g/mol. The minimum absolute atomic E-state index is 0.288. The molecule has 2 amide bonds. The summed E-state index contributed by atoms with van der Waals surface area (Å²) in [5.74, 6) is 1.09. The van der Waals surface area contributed by atoms with Crippen molar-refractivity contribution in [3.05, 3.63) is 71.5 Å². The molecule has 2 aliphatic rings. The third-order valence-corrected chi connectivity index (χ3v) is 5.38. The second kappa shape index (κ2) is 8.03. The molecule has 6 rings (SSSR count). The Balaban J connectivity index is 0.000000199. The van der Waals surface area contributed by atoms with Crippen LogP contribution in [0.25, 0.3) is 22.4 Å². The van der Waals surface area contributed by atoms with Crippen molar-refractivity contribution < 1.29 is 14.7 Å². The normalized spacial score (nSPS) is 14.3. The van der Waals surface area contributed by atoms with Crippen molar-refractivity contribution in [2.75, 3.05) is 5.32 Å². The Labute approximate surface area is 182 Å². The Hall–Kier alpha value is -4.40. The van der Waals surface area contributed by atoms with Gasteiger partial charge in [-0.1, -0.05) is 30.3 Å². The maximum absolute atomic E-state index is 12.2. The SMILES string of the molecule is O=C(O)Nc1cc2c3c(c(-c4ncc[nH]4)[nH]c3c1)C=NNC2=O.c1ccc(C2CC2)cc1. The summed E-state index contributed by atoms with van der Waals surface area (Å²) in [7, 11) is 0. The molecule has 0 radical (unpaired) electrons. The number of aromatic amines is 2. The second-order valence-electron chi connectivity index (χ2n) is 7.61.